The normalized spacial score (nSPS) is 25.5. The predicted molar refractivity (Wildman–Crippen MR) is 93.6 cm³/mol. The number of allylic oxidation sites excluding steroid dienone is 2. The molecule has 1 heterocycles. The maximum atomic E-state index is 12.6. The van der Waals surface area contributed by atoms with Gasteiger partial charge in [-0.3, -0.25) is 9.59 Å². The SMILES string of the molecule is O=C(NCc1ccccc1)[C@H]1CC=CC[C@H]1C(=O)OC[C@@H]1CCCO1. The number of carbonyl (C=O) groups is 2. The minimum Gasteiger partial charge on any atom is -0.463 e. The molecule has 0 spiro atoms. The molecule has 2 aliphatic rings. The molecule has 25 heavy (non-hydrogen) atoms. The number of nitrogens with one attached hydrogen (secondary N) is 1. The van der Waals surface area contributed by atoms with Crippen LogP contribution < -0.4 is 5.32 Å². The van der Waals surface area contributed by atoms with Crippen LogP contribution in [0.5, 0.6) is 0 Å². The maximum Gasteiger partial charge on any atom is 0.310 e. The van der Waals surface area contributed by atoms with Crippen molar-refractivity contribution >= 4 is 11.9 Å². The van der Waals surface area contributed by atoms with E-state index >= 15 is 0 Å². The highest BCUT2D eigenvalue weighted by Gasteiger charge is 2.35. The summed E-state index contributed by atoms with van der Waals surface area (Å²) in [6, 6.07) is 9.76. The molecule has 0 aromatic heterocycles. The summed E-state index contributed by atoms with van der Waals surface area (Å²) in [5.41, 5.74) is 1.04. The van der Waals surface area contributed by atoms with Crippen molar-refractivity contribution in [2.45, 2.75) is 38.3 Å². The molecule has 1 N–H and O–H groups in total. The Morgan fingerprint density at radius 2 is 1.88 bits per heavy atom. The zero-order valence-electron chi connectivity index (χ0n) is 14.4. The average Bonchev–Trinajstić information content (AvgIpc) is 3.18. The van der Waals surface area contributed by atoms with Crippen molar-refractivity contribution in [1.29, 1.82) is 0 Å². The van der Waals surface area contributed by atoms with Crippen LogP contribution in [0, 0.1) is 11.8 Å². The summed E-state index contributed by atoms with van der Waals surface area (Å²) in [6.45, 7) is 1.49. The molecule has 134 valence electrons. The van der Waals surface area contributed by atoms with Gasteiger partial charge in [-0.2, -0.15) is 0 Å². The molecule has 1 aliphatic carbocycles. The fraction of sp³-hybridized carbons (Fsp3) is 0.500. The zero-order valence-corrected chi connectivity index (χ0v) is 14.4. The van der Waals surface area contributed by atoms with Gasteiger partial charge in [0.15, 0.2) is 0 Å². The molecule has 0 unspecified atom stereocenters. The van der Waals surface area contributed by atoms with Crippen LogP contribution in [0.1, 0.15) is 31.2 Å². The summed E-state index contributed by atoms with van der Waals surface area (Å²) in [5, 5.41) is 2.95. The first-order valence-electron chi connectivity index (χ1n) is 8.99. The molecule has 1 aliphatic heterocycles. The third-order valence-electron chi connectivity index (χ3n) is 4.82. The summed E-state index contributed by atoms with van der Waals surface area (Å²) in [6.07, 6.45) is 7.00. The molecule has 0 saturated carbocycles. The van der Waals surface area contributed by atoms with E-state index in [0.717, 1.165) is 25.0 Å². The fourth-order valence-corrected chi connectivity index (χ4v) is 3.34. The number of amides is 1. The Morgan fingerprint density at radius 3 is 2.60 bits per heavy atom. The number of hydrogen-bond acceptors (Lipinski definition) is 4. The standard InChI is InChI=1S/C20H25NO4/c22-19(21-13-15-7-2-1-3-8-15)17-10-4-5-11-18(17)20(23)25-14-16-9-6-12-24-16/h1-5,7-8,16-18H,6,9-14H2,(H,21,22)/t16-,17-,18+/m0/s1. The molecule has 5 nitrogen and oxygen atoms in total. The van der Waals surface area contributed by atoms with Crippen LogP contribution in [0.2, 0.25) is 0 Å². The third kappa shape index (κ3) is 4.92. The van der Waals surface area contributed by atoms with Gasteiger partial charge >= 0.3 is 5.97 Å². The number of rotatable bonds is 6. The lowest BCUT2D eigenvalue weighted by Crippen LogP contribution is -2.39. The number of hydrogen-bond donors (Lipinski definition) is 1. The molecule has 0 radical (unpaired) electrons. The Kier molecular flexibility index (Phi) is 6.23. The van der Waals surface area contributed by atoms with E-state index in [-0.39, 0.29) is 30.5 Å². The predicted octanol–water partition coefficient (Wildman–Crippen LogP) is 2.61. The van der Waals surface area contributed by atoms with Gasteiger partial charge in [0, 0.05) is 13.2 Å². The van der Waals surface area contributed by atoms with Gasteiger partial charge < -0.3 is 14.8 Å². The highest BCUT2D eigenvalue weighted by atomic mass is 16.6. The lowest BCUT2D eigenvalue weighted by atomic mass is 9.82. The van der Waals surface area contributed by atoms with E-state index in [4.69, 9.17) is 9.47 Å². The second-order valence-corrected chi connectivity index (χ2v) is 6.62. The smallest absolute Gasteiger partial charge is 0.310 e. The molecule has 5 heteroatoms. The first kappa shape index (κ1) is 17.7. The summed E-state index contributed by atoms with van der Waals surface area (Å²) >= 11 is 0. The Morgan fingerprint density at radius 1 is 1.12 bits per heavy atom. The molecule has 1 saturated heterocycles. The monoisotopic (exact) mass is 343 g/mol. The van der Waals surface area contributed by atoms with Gasteiger partial charge in [-0.15, -0.1) is 0 Å². The average molecular weight is 343 g/mol. The van der Waals surface area contributed by atoms with Gasteiger partial charge in [0.2, 0.25) is 5.91 Å². The lowest BCUT2D eigenvalue weighted by molar-refractivity contribution is -0.156. The van der Waals surface area contributed by atoms with Gasteiger partial charge in [-0.25, -0.2) is 0 Å². The van der Waals surface area contributed by atoms with Crippen molar-refractivity contribution < 1.29 is 19.1 Å². The van der Waals surface area contributed by atoms with E-state index < -0.39 is 5.92 Å². The third-order valence-corrected chi connectivity index (χ3v) is 4.82. The molecule has 0 bridgehead atoms. The molecule has 1 amide bonds. The summed E-state index contributed by atoms with van der Waals surface area (Å²) in [4.78, 5) is 25.0. The van der Waals surface area contributed by atoms with Crippen molar-refractivity contribution in [2.75, 3.05) is 13.2 Å². The van der Waals surface area contributed by atoms with E-state index in [9.17, 15) is 9.59 Å². The minimum atomic E-state index is -0.415. The molecular weight excluding hydrogens is 318 g/mol. The van der Waals surface area contributed by atoms with Crippen LogP contribution in [0.15, 0.2) is 42.5 Å². The van der Waals surface area contributed by atoms with E-state index in [1.165, 1.54) is 0 Å². The maximum absolute atomic E-state index is 12.6. The van der Waals surface area contributed by atoms with Crippen LogP contribution in [0.25, 0.3) is 0 Å². The Hall–Kier alpha value is -2.14. The molecule has 1 fully saturated rings. The van der Waals surface area contributed by atoms with Crippen LogP contribution in [0.4, 0.5) is 0 Å². The number of benzene rings is 1. The summed E-state index contributed by atoms with van der Waals surface area (Å²) in [7, 11) is 0. The molecular formula is C20H25NO4. The van der Waals surface area contributed by atoms with Gasteiger partial charge in [-0.05, 0) is 31.2 Å². The lowest BCUT2D eigenvalue weighted by Gasteiger charge is -2.26. The van der Waals surface area contributed by atoms with Gasteiger partial charge in [-0.1, -0.05) is 42.5 Å². The number of esters is 1. The van der Waals surface area contributed by atoms with Gasteiger partial charge in [0.05, 0.1) is 17.9 Å². The van der Waals surface area contributed by atoms with E-state index in [1.807, 2.05) is 42.5 Å². The highest BCUT2D eigenvalue weighted by molar-refractivity contribution is 5.86. The van der Waals surface area contributed by atoms with E-state index in [2.05, 4.69) is 5.32 Å². The largest absolute Gasteiger partial charge is 0.463 e. The summed E-state index contributed by atoms with van der Waals surface area (Å²) in [5.74, 6) is -1.17. The van der Waals surface area contributed by atoms with Crippen molar-refractivity contribution in [3.05, 3.63) is 48.0 Å². The minimum absolute atomic E-state index is 0.00781. The van der Waals surface area contributed by atoms with E-state index in [1.54, 1.807) is 0 Å². The quantitative estimate of drug-likeness (QED) is 0.637. The fourth-order valence-electron chi connectivity index (χ4n) is 3.34. The van der Waals surface area contributed by atoms with Crippen molar-refractivity contribution in [3.8, 4) is 0 Å². The molecule has 3 atom stereocenters. The van der Waals surface area contributed by atoms with Crippen molar-refractivity contribution in [3.63, 3.8) is 0 Å². The Balaban J connectivity index is 1.53. The van der Waals surface area contributed by atoms with Crippen LogP contribution >= 0.6 is 0 Å². The van der Waals surface area contributed by atoms with Gasteiger partial charge in [0.25, 0.3) is 0 Å². The summed E-state index contributed by atoms with van der Waals surface area (Å²) < 4.78 is 10.9. The topological polar surface area (TPSA) is 64.6 Å². The molecule has 3 rings (SSSR count). The first-order valence-corrected chi connectivity index (χ1v) is 8.99. The number of carbonyl (C=O) groups excluding carboxylic acids is 2. The Labute approximate surface area is 148 Å². The van der Waals surface area contributed by atoms with Crippen molar-refractivity contribution in [1.82, 2.24) is 5.32 Å². The molecule has 1 aromatic rings. The van der Waals surface area contributed by atoms with Crippen LogP contribution in [-0.2, 0) is 25.6 Å². The first-order chi connectivity index (χ1) is 12.2. The Bertz CT molecular complexity index is 607. The molecule has 1 aromatic carbocycles. The van der Waals surface area contributed by atoms with Crippen LogP contribution in [-0.4, -0.2) is 31.2 Å². The zero-order chi connectivity index (χ0) is 17.5. The van der Waals surface area contributed by atoms with E-state index in [0.29, 0.717) is 19.4 Å². The second-order valence-electron chi connectivity index (χ2n) is 6.62. The highest BCUT2D eigenvalue weighted by Crippen LogP contribution is 2.27. The van der Waals surface area contributed by atoms with Gasteiger partial charge in [0.1, 0.15) is 6.61 Å². The second kappa shape index (κ2) is 8.81. The van der Waals surface area contributed by atoms with Crippen LogP contribution in [0.3, 0.4) is 0 Å². The number of ether oxygens (including phenoxy) is 2. The van der Waals surface area contributed by atoms with Crippen molar-refractivity contribution in [2.24, 2.45) is 11.8 Å².